The Labute approximate surface area is 126 Å². The van der Waals surface area contributed by atoms with E-state index in [4.69, 9.17) is 9.47 Å². The van der Waals surface area contributed by atoms with Gasteiger partial charge in [0.1, 0.15) is 5.75 Å². The molecule has 0 aliphatic carbocycles. The van der Waals surface area contributed by atoms with Gasteiger partial charge in [0.25, 0.3) is 5.91 Å². The van der Waals surface area contributed by atoms with Crippen LogP contribution >= 0.6 is 0 Å². The van der Waals surface area contributed by atoms with E-state index in [0.717, 1.165) is 25.0 Å². The van der Waals surface area contributed by atoms with Crippen LogP contribution in [0, 0.1) is 0 Å². The van der Waals surface area contributed by atoms with Crippen LogP contribution in [0.25, 0.3) is 0 Å². The topological polar surface area (TPSA) is 47.6 Å². The first-order chi connectivity index (χ1) is 10.4. The summed E-state index contributed by atoms with van der Waals surface area (Å²) in [6.07, 6.45) is -2.60. The predicted octanol–water partition coefficient (Wildman–Crippen LogP) is 2.77. The minimum absolute atomic E-state index is 0.00902. The van der Waals surface area contributed by atoms with E-state index in [1.54, 1.807) is 0 Å². The molecule has 0 unspecified atom stereocenters. The number of nitrogens with one attached hydrogen (secondary N) is 1. The van der Waals surface area contributed by atoms with Gasteiger partial charge in [0.05, 0.1) is 17.7 Å². The maximum atomic E-state index is 12.6. The molecule has 1 fully saturated rings. The highest BCUT2D eigenvalue weighted by Gasteiger charge is 2.30. The monoisotopic (exact) mass is 317 g/mol. The van der Waals surface area contributed by atoms with Gasteiger partial charge < -0.3 is 14.8 Å². The van der Waals surface area contributed by atoms with Gasteiger partial charge in [-0.1, -0.05) is 6.07 Å². The highest BCUT2D eigenvalue weighted by Crippen LogP contribution is 2.31. The molecule has 1 aromatic rings. The number of hydrogen-bond donors (Lipinski definition) is 1. The Kier molecular flexibility index (Phi) is 5.28. The van der Waals surface area contributed by atoms with Crippen LogP contribution in [-0.4, -0.2) is 31.3 Å². The lowest BCUT2D eigenvalue weighted by atomic mass is 10.1. The van der Waals surface area contributed by atoms with Crippen molar-refractivity contribution in [3.63, 3.8) is 0 Å². The van der Waals surface area contributed by atoms with E-state index in [2.05, 4.69) is 5.32 Å². The molecule has 22 heavy (non-hydrogen) atoms. The third-order valence-electron chi connectivity index (χ3n) is 3.44. The van der Waals surface area contributed by atoms with Crippen molar-refractivity contribution >= 4 is 5.91 Å². The van der Waals surface area contributed by atoms with Gasteiger partial charge in [0.2, 0.25) is 0 Å². The van der Waals surface area contributed by atoms with Gasteiger partial charge in [-0.05, 0) is 38.0 Å². The summed E-state index contributed by atoms with van der Waals surface area (Å²) in [6, 6.07) is 4.29. The van der Waals surface area contributed by atoms with Crippen molar-refractivity contribution in [3.05, 3.63) is 29.8 Å². The molecule has 1 saturated heterocycles. The molecule has 1 heterocycles. The number of halogens is 3. The van der Waals surface area contributed by atoms with Gasteiger partial charge in [0, 0.05) is 6.61 Å². The summed E-state index contributed by atoms with van der Waals surface area (Å²) in [4.78, 5) is 11.8. The van der Waals surface area contributed by atoms with Crippen molar-refractivity contribution in [1.82, 2.24) is 5.32 Å². The van der Waals surface area contributed by atoms with Crippen molar-refractivity contribution in [2.75, 3.05) is 13.2 Å². The lowest BCUT2D eigenvalue weighted by Gasteiger charge is -2.20. The summed E-state index contributed by atoms with van der Waals surface area (Å²) in [7, 11) is 0. The van der Waals surface area contributed by atoms with Crippen LogP contribution in [0.15, 0.2) is 24.3 Å². The normalized spacial score (nSPS) is 19.7. The molecule has 2 rings (SSSR count). The highest BCUT2D eigenvalue weighted by atomic mass is 19.4. The van der Waals surface area contributed by atoms with Gasteiger partial charge >= 0.3 is 6.18 Å². The zero-order valence-electron chi connectivity index (χ0n) is 12.2. The third kappa shape index (κ3) is 4.62. The number of benzene rings is 1. The van der Waals surface area contributed by atoms with Crippen LogP contribution < -0.4 is 10.1 Å². The molecular formula is C15H18F3NO3. The van der Waals surface area contributed by atoms with E-state index < -0.39 is 11.7 Å². The Balaban J connectivity index is 1.83. The number of amides is 1. The third-order valence-corrected chi connectivity index (χ3v) is 3.44. The fraction of sp³-hybridized carbons (Fsp3) is 0.533. The highest BCUT2D eigenvalue weighted by molar-refractivity contribution is 5.77. The molecule has 0 bridgehead atoms. The van der Waals surface area contributed by atoms with Gasteiger partial charge in [-0.3, -0.25) is 4.79 Å². The molecule has 1 aromatic carbocycles. The Morgan fingerprint density at radius 2 is 2.27 bits per heavy atom. The van der Waals surface area contributed by atoms with Gasteiger partial charge in [-0.2, -0.15) is 13.2 Å². The van der Waals surface area contributed by atoms with Crippen molar-refractivity contribution in [3.8, 4) is 5.75 Å². The van der Waals surface area contributed by atoms with E-state index in [1.807, 2.05) is 6.92 Å². The summed E-state index contributed by atoms with van der Waals surface area (Å²) < 4.78 is 48.3. The van der Waals surface area contributed by atoms with Crippen LogP contribution in [0.2, 0.25) is 0 Å². The number of carbonyl (C=O) groups excluding carboxylic acids is 1. The summed E-state index contributed by atoms with van der Waals surface area (Å²) >= 11 is 0. The smallest absolute Gasteiger partial charge is 0.416 e. The van der Waals surface area contributed by atoms with Crippen LogP contribution in [0.5, 0.6) is 5.75 Å². The second-order valence-corrected chi connectivity index (χ2v) is 5.22. The first kappa shape index (κ1) is 16.6. The zero-order chi connectivity index (χ0) is 16.2. The average Bonchev–Trinajstić information content (AvgIpc) is 2.99. The summed E-state index contributed by atoms with van der Waals surface area (Å²) in [5.41, 5.74) is -0.807. The molecule has 1 N–H and O–H groups in total. The Morgan fingerprint density at radius 1 is 1.50 bits per heavy atom. The molecule has 1 aliphatic rings. The van der Waals surface area contributed by atoms with E-state index in [1.165, 1.54) is 12.1 Å². The van der Waals surface area contributed by atoms with E-state index in [9.17, 15) is 18.0 Å². The van der Waals surface area contributed by atoms with Gasteiger partial charge in [-0.15, -0.1) is 0 Å². The van der Waals surface area contributed by atoms with Crippen LogP contribution in [0.3, 0.4) is 0 Å². The minimum Gasteiger partial charge on any atom is -0.484 e. The maximum Gasteiger partial charge on any atom is 0.416 e. The number of alkyl halides is 3. The molecule has 0 saturated carbocycles. The predicted molar refractivity (Wildman–Crippen MR) is 73.5 cm³/mol. The number of rotatable bonds is 5. The first-order valence-electron chi connectivity index (χ1n) is 7.07. The molecule has 2 atom stereocenters. The number of ether oxygens (including phenoxy) is 2. The second-order valence-electron chi connectivity index (χ2n) is 5.22. The second kappa shape index (κ2) is 7.00. The van der Waals surface area contributed by atoms with Gasteiger partial charge in [0.15, 0.2) is 6.61 Å². The van der Waals surface area contributed by atoms with Gasteiger partial charge in [-0.25, -0.2) is 0 Å². The van der Waals surface area contributed by atoms with Crippen molar-refractivity contribution in [1.29, 1.82) is 0 Å². The molecule has 0 aromatic heterocycles. The molecule has 1 aliphatic heterocycles. The van der Waals surface area contributed by atoms with E-state index >= 15 is 0 Å². The van der Waals surface area contributed by atoms with E-state index in [0.29, 0.717) is 6.61 Å². The molecule has 122 valence electrons. The zero-order valence-corrected chi connectivity index (χ0v) is 12.2. The number of carbonyl (C=O) groups is 1. The lowest BCUT2D eigenvalue weighted by molar-refractivity contribution is -0.137. The molecular weight excluding hydrogens is 299 g/mol. The van der Waals surface area contributed by atoms with Crippen LogP contribution in [-0.2, 0) is 15.7 Å². The Morgan fingerprint density at radius 3 is 2.91 bits per heavy atom. The summed E-state index contributed by atoms with van der Waals surface area (Å²) in [6.45, 7) is 2.18. The molecule has 7 heteroatoms. The number of hydrogen-bond acceptors (Lipinski definition) is 3. The summed E-state index contributed by atoms with van der Waals surface area (Å²) in [5.74, 6) is -0.379. The largest absolute Gasteiger partial charge is 0.484 e. The maximum absolute atomic E-state index is 12.6. The van der Waals surface area contributed by atoms with E-state index in [-0.39, 0.29) is 30.4 Å². The Hall–Kier alpha value is -1.76. The lowest BCUT2D eigenvalue weighted by Crippen LogP contribution is -2.42. The molecule has 4 nitrogen and oxygen atoms in total. The fourth-order valence-corrected chi connectivity index (χ4v) is 2.30. The average molecular weight is 317 g/mol. The molecule has 1 amide bonds. The minimum atomic E-state index is -4.43. The molecule has 0 radical (unpaired) electrons. The van der Waals surface area contributed by atoms with Crippen molar-refractivity contribution in [2.24, 2.45) is 0 Å². The Bertz CT molecular complexity index is 513. The van der Waals surface area contributed by atoms with Crippen LogP contribution in [0.1, 0.15) is 25.3 Å². The fourth-order valence-electron chi connectivity index (χ4n) is 2.30. The summed E-state index contributed by atoms with van der Waals surface area (Å²) in [5, 5.41) is 2.73. The quantitative estimate of drug-likeness (QED) is 0.908. The SMILES string of the molecule is C[C@@H](NC(=O)COc1cccc(C(F)(F)F)c1)[C@@H]1CCCO1. The van der Waals surface area contributed by atoms with Crippen molar-refractivity contribution in [2.45, 2.75) is 38.1 Å². The molecule has 0 spiro atoms. The standard InChI is InChI=1S/C15H18F3NO3/c1-10(13-6-3-7-21-13)19-14(20)9-22-12-5-2-4-11(8-12)15(16,17)18/h2,4-5,8,10,13H,3,6-7,9H2,1H3,(H,19,20)/t10-,13+/m1/s1. The van der Waals surface area contributed by atoms with Crippen LogP contribution in [0.4, 0.5) is 13.2 Å². The first-order valence-corrected chi connectivity index (χ1v) is 7.07. The van der Waals surface area contributed by atoms with Crippen molar-refractivity contribution < 1.29 is 27.4 Å².